The normalized spacial score (nSPS) is 12.8. The Hall–Kier alpha value is -0.980. The van der Waals surface area contributed by atoms with E-state index in [2.05, 4.69) is 4.74 Å². The van der Waals surface area contributed by atoms with Crippen LogP contribution in [0, 0.1) is 0 Å². The number of hydrogen-bond acceptors (Lipinski definition) is 3. The van der Waals surface area contributed by atoms with Crippen LogP contribution in [-0.2, 0) is 0 Å². The van der Waals surface area contributed by atoms with Gasteiger partial charge < -0.3 is 16.2 Å². The molecule has 0 aromatic heterocycles. The largest absolute Gasteiger partial charge is 0.573 e. The predicted molar refractivity (Wildman–Crippen MR) is 61.0 cm³/mol. The molecule has 0 radical (unpaired) electrons. The highest BCUT2D eigenvalue weighted by molar-refractivity contribution is 5.85. The summed E-state index contributed by atoms with van der Waals surface area (Å²) in [6.45, 7) is 0.307. The van der Waals surface area contributed by atoms with E-state index in [9.17, 15) is 13.2 Å². The van der Waals surface area contributed by atoms with Gasteiger partial charge in [0.1, 0.15) is 5.75 Å². The van der Waals surface area contributed by atoms with Crippen molar-refractivity contribution in [2.24, 2.45) is 11.5 Å². The molecule has 1 rings (SSSR count). The van der Waals surface area contributed by atoms with Crippen molar-refractivity contribution in [1.82, 2.24) is 0 Å². The van der Waals surface area contributed by atoms with Gasteiger partial charge in [-0.25, -0.2) is 0 Å². The van der Waals surface area contributed by atoms with Gasteiger partial charge in [-0.05, 0) is 19.0 Å². The summed E-state index contributed by atoms with van der Waals surface area (Å²) in [4.78, 5) is 0. The standard InChI is InChI=1S/C10H13F3N2O.ClH/c11-10(12,13)16-9-4-2-1-3-7(9)8(15)5-6-14;/h1-4,8H,5-6,14-15H2;1H/t8-;/m0./s1. The van der Waals surface area contributed by atoms with Gasteiger partial charge in [0.15, 0.2) is 0 Å². The zero-order valence-corrected chi connectivity index (χ0v) is 9.72. The molecule has 0 amide bonds. The van der Waals surface area contributed by atoms with Crippen LogP contribution in [0.2, 0.25) is 0 Å². The van der Waals surface area contributed by atoms with E-state index in [4.69, 9.17) is 11.5 Å². The number of ether oxygens (including phenoxy) is 1. The average Bonchev–Trinajstić information content (AvgIpc) is 2.16. The lowest BCUT2D eigenvalue weighted by Crippen LogP contribution is -2.21. The summed E-state index contributed by atoms with van der Waals surface area (Å²) in [6.07, 6.45) is -4.31. The van der Waals surface area contributed by atoms with E-state index in [0.29, 0.717) is 18.5 Å². The lowest BCUT2D eigenvalue weighted by Gasteiger charge is -2.17. The van der Waals surface area contributed by atoms with E-state index >= 15 is 0 Å². The molecule has 4 N–H and O–H groups in total. The quantitative estimate of drug-likeness (QED) is 0.883. The Morgan fingerprint density at radius 3 is 2.35 bits per heavy atom. The summed E-state index contributed by atoms with van der Waals surface area (Å²) >= 11 is 0. The van der Waals surface area contributed by atoms with Crippen molar-refractivity contribution in [3.05, 3.63) is 29.8 Å². The van der Waals surface area contributed by atoms with Crippen molar-refractivity contribution in [1.29, 1.82) is 0 Å². The first-order valence-electron chi connectivity index (χ1n) is 4.74. The van der Waals surface area contributed by atoms with Crippen LogP contribution in [0.1, 0.15) is 18.0 Å². The molecule has 0 bridgehead atoms. The lowest BCUT2D eigenvalue weighted by molar-refractivity contribution is -0.275. The van der Waals surface area contributed by atoms with Gasteiger partial charge in [0.2, 0.25) is 0 Å². The molecule has 0 saturated heterocycles. The van der Waals surface area contributed by atoms with Crippen molar-refractivity contribution < 1.29 is 17.9 Å². The van der Waals surface area contributed by atoms with Crippen LogP contribution < -0.4 is 16.2 Å². The minimum Gasteiger partial charge on any atom is -0.405 e. The summed E-state index contributed by atoms with van der Waals surface area (Å²) in [5.74, 6) is -0.268. The lowest BCUT2D eigenvalue weighted by atomic mass is 10.0. The zero-order valence-electron chi connectivity index (χ0n) is 8.91. The fraction of sp³-hybridized carbons (Fsp3) is 0.400. The fourth-order valence-corrected chi connectivity index (χ4v) is 1.34. The SMILES string of the molecule is Cl.NCC[C@H](N)c1ccccc1OC(F)(F)F. The molecule has 0 saturated carbocycles. The Bertz CT molecular complexity index is 347. The fourth-order valence-electron chi connectivity index (χ4n) is 1.34. The van der Waals surface area contributed by atoms with Crippen LogP contribution in [-0.4, -0.2) is 12.9 Å². The van der Waals surface area contributed by atoms with Crippen molar-refractivity contribution in [3.63, 3.8) is 0 Å². The smallest absolute Gasteiger partial charge is 0.405 e. The van der Waals surface area contributed by atoms with Gasteiger partial charge in [-0.2, -0.15) is 0 Å². The van der Waals surface area contributed by atoms with E-state index < -0.39 is 12.4 Å². The molecule has 1 aromatic carbocycles. The predicted octanol–water partition coefficient (Wildman–Crippen LogP) is 2.36. The number of benzene rings is 1. The molecule has 0 spiro atoms. The third-order valence-corrected chi connectivity index (χ3v) is 2.02. The summed E-state index contributed by atoms with van der Waals surface area (Å²) in [7, 11) is 0. The topological polar surface area (TPSA) is 61.3 Å². The maximum absolute atomic E-state index is 12.1. The molecule has 3 nitrogen and oxygen atoms in total. The minimum atomic E-state index is -4.71. The Balaban J connectivity index is 0.00000256. The van der Waals surface area contributed by atoms with E-state index in [1.54, 1.807) is 6.07 Å². The first-order chi connectivity index (χ1) is 7.44. The van der Waals surface area contributed by atoms with Gasteiger partial charge in [-0.1, -0.05) is 18.2 Å². The molecule has 1 aromatic rings. The van der Waals surface area contributed by atoms with Crippen LogP contribution in [0.4, 0.5) is 13.2 Å². The molecule has 0 aliphatic heterocycles. The second-order valence-corrected chi connectivity index (χ2v) is 3.27. The Morgan fingerprint density at radius 2 is 1.82 bits per heavy atom. The van der Waals surface area contributed by atoms with Crippen LogP contribution in [0.15, 0.2) is 24.3 Å². The van der Waals surface area contributed by atoms with E-state index in [0.717, 1.165) is 0 Å². The Kier molecular flexibility index (Phi) is 6.30. The zero-order chi connectivity index (χ0) is 12.2. The Morgan fingerprint density at radius 1 is 1.24 bits per heavy atom. The minimum absolute atomic E-state index is 0. The summed E-state index contributed by atoms with van der Waals surface area (Å²) in [5, 5.41) is 0. The van der Waals surface area contributed by atoms with Crippen molar-refractivity contribution in [2.45, 2.75) is 18.8 Å². The van der Waals surface area contributed by atoms with Crippen molar-refractivity contribution >= 4 is 12.4 Å². The monoisotopic (exact) mass is 270 g/mol. The van der Waals surface area contributed by atoms with Crippen LogP contribution >= 0.6 is 12.4 Å². The number of para-hydroxylation sites is 1. The van der Waals surface area contributed by atoms with Crippen LogP contribution in [0.25, 0.3) is 0 Å². The van der Waals surface area contributed by atoms with Gasteiger partial charge in [0.05, 0.1) is 0 Å². The number of nitrogens with two attached hydrogens (primary N) is 2. The van der Waals surface area contributed by atoms with Gasteiger partial charge in [0.25, 0.3) is 0 Å². The highest BCUT2D eigenvalue weighted by atomic mass is 35.5. The van der Waals surface area contributed by atoms with Gasteiger partial charge >= 0.3 is 6.36 Å². The molecule has 0 aliphatic carbocycles. The maximum Gasteiger partial charge on any atom is 0.573 e. The molecule has 0 fully saturated rings. The summed E-state index contributed by atoms with van der Waals surface area (Å²) in [5.41, 5.74) is 11.3. The number of alkyl halides is 3. The molecule has 17 heavy (non-hydrogen) atoms. The molecule has 0 heterocycles. The van der Waals surface area contributed by atoms with Crippen molar-refractivity contribution in [2.75, 3.05) is 6.54 Å². The van der Waals surface area contributed by atoms with E-state index in [-0.39, 0.29) is 18.2 Å². The average molecular weight is 271 g/mol. The number of hydrogen-bond donors (Lipinski definition) is 2. The molecule has 0 aliphatic rings. The summed E-state index contributed by atoms with van der Waals surface area (Å²) in [6, 6.07) is 5.25. The first-order valence-corrected chi connectivity index (χ1v) is 4.74. The molecule has 1 atom stereocenters. The van der Waals surface area contributed by atoms with E-state index in [1.807, 2.05) is 0 Å². The first kappa shape index (κ1) is 16.0. The van der Waals surface area contributed by atoms with Crippen LogP contribution in [0.5, 0.6) is 5.75 Å². The van der Waals surface area contributed by atoms with Gasteiger partial charge in [0, 0.05) is 11.6 Å². The maximum atomic E-state index is 12.1. The third kappa shape index (κ3) is 5.25. The Labute approximate surface area is 103 Å². The van der Waals surface area contributed by atoms with Crippen molar-refractivity contribution in [3.8, 4) is 5.75 Å². The van der Waals surface area contributed by atoms with Gasteiger partial charge in [-0.15, -0.1) is 25.6 Å². The molecule has 0 unspecified atom stereocenters. The molecule has 7 heteroatoms. The highest BCUT2D eigenvalue weighted by Crippen LogP contribution is 2.30. The van der Waals surface area contributed by atoms with E-state index in [1.165, 1.54) is 18.2 Å². The third-order valence-electron chi connectivity index (χ3n) is 2.02. The number of halogens is 4. The highest BCUT2D eigenvalue weighted by Gasteiger charge is 2.32. The molecular weight excluding hydrogens is 257 g/mol. The second kappa shape index (κ2) is 6.68. The summed E-state index contributed by atoms with van der Waals surface area (Å²) < 4.78 is 40.1. The van der Waals surface area contributed by atoms with Crippen LogP contribution in [0.3, 0.4) is 0 Å². The number of rotatable bonds is 4. The van der Waals surface area contributed by atoms with Gasteiger partial charge in [-0.3, -0.25) is 0 Å². The second-order valence-electron chi connectivity index (χ2n) is 3.27. The molecule has 98 valence electrons. The molecular formula is C10H14ClF3N2O.